The molecule has 3 aliphatic rings. The zero-order chi connectivity index (χ0) is 15.3. The molecule has 2 heteroatoms. The Kier molecular flexibility index (Phi) is 3.34. The van der Waals surface area contributed by atoms with Crippen molar-refractivity contribution >= 4 is 0 Å². The Hall–Kier alpha value is -1.28. The first-order valence-electron chi connectivity index (χ1n) is 8.82. The van der Waals surface area contributed by atoms with Crippen molar-refractivity contribution in [1.29, 1.82) is 0 Å². The van der Waals surface area contributed by atoms with Crippen molar-refractivity contribution < 1.29 is 5.11 Å². The highest BCUT2D eigenvalue weighted by Gasteiger charge is 2.53. The van der Waals surface area contributed by atoms with Crippen LogP contribution in [-0.4, -0.2) is 29.6 Å². The second kappa shape index (κ2) is 5.13. The number of piperidine rings is 1. The molecule has 1 aliphatic heterocycles. The van der Waals surface area contributed by atoms with Crippen molar-refractivity contribution in [2.75, 3.05) is 13.6 Å². The SMILES string of the molecule is C=CCc1cc2c(cc1O)[C@@]13CCCC[C@H]1[C@H](C2)N(C)CC3. The van der Waals surface area contributed by atoms with Crippen LogP contribution >= 0.6 is 0 Å². The van der Waals surface area contributed by atoms with Crippen LogP contribution in [0, 0.1) is 5.92 Å². The van der Waals surface area contributed by atoms with Gasteiger partial charge in [-0.05, 0) is 74.4 Å². The summed E-state index contributed by atoms with van der Waals surface area (Å²) in [6, 6.07) is 5.08. The van der Waals surface area contributed by atoms with E-state index in [2.05, 4.69) is 30.7 Å². The standard InChI is InChI=1S/C20H27NO/c1-3-6-14-11-15-12-18-16-7-4-5-8-20(16,9-10-21(18)2)17(15)13-19(14)22/h3,11,13,16,18,22H,1,4-10,12H2,2H3/t16-,18-,20+/m0/s1. The van der Waals surface area contributed by atoms with Crippen molar-refractivity contribution in [2.24, 2.45) is 5.92 Å². The van der Waals surface area contributed by atoms with Crippen LogP contribution < -0.4 is 0 Å². The molecule has 3 atom stereocenters. The molecule has 118 valence electrons. The third-order valence-corrected chi connectivity index (χ3v) is 6.67. The molecule has 0 unspecified atom stereocenters. The van der Waals surface area contributed by atoms with Crippen molar-refractivity contribution in [3.8, 4) is 5.75 Å². The molecule has 1 aromatic rings. The number of likely N-dealkylation sites (N-methyl/N-ethyl adjacent to an activating group) is 1. The van der Waals surface area contributed by atoms with Gasteiger partial charge in [-0.2, -0.15) is 0 Å². The summed E-state index contributed by atoms with van der Waals surface area (Å²) in [4.78, 5) is 2.59. The van der Waals surface area contributed by atoms with Gasteiger partial charge in [-0.1, -0.05) is 25.0 Å². The Bertz CT molecular complexity index is 608. The Morgan fingerprint density at radius 1 is 1.36 bits per heavy atom. The number of allylic oxidation sites excluding steroid dienone is 1. The number of benzene rings is 1. The maximum absolute atomic E-state index is 10.5. The van der Waals surface area contributed by atoms with Crippen LogP contribution in [0.2, 0.25) is 0 Å². The molecule has 2 aliphatic carbocycles. The molecule has 22 heavy (non-hydrogen) atoms. The van der Waals surface area contributed by atoms with Crippen molar-refractivity contribution in [3.63, 3.8) is 0 Å². The third kappa shape index (κ3) is 1.89. The van der Waals surface area contributed by atoms with E-state index < -0.39 is 0 Å². The average Bonchev–Trinajstić information content (AvgIpc) is 2.53. The van der Waals surface area contributed by atoms with Crippen LogP contribution in [0.25, 0.3) is 0 Å². The largest absolute Gasteiger partial charge is 0.508 e. The summed E-state index contributed by atoms with van der Waals surface area (Å²) in [6.45, 7) is 5.03. The summed E-state index contributed by atoms with van der Waals surface area (Å²) < 4.78 is 0. The molecule has 1 aromatic carbocycles. The van der Waals surface area contributed by atoms with Gasteiger partial charge >= 0.3 is 0 Å². The van der Waals surface area contributed by atoms with E-state index in [9.17, 15) is 5.11 Å². The van der Waals surface area contributed by atoms with Gasteiger partial charge in [-0.25, -0.2) is 0 Å². The first-order chi connectivity index (χ1) is 10.7. The number of phenols is 1. The van der Waals surface area contributed by atoms with Crippen LogP contribution in [0.1, 0.15) is 48.8 Å². The van der Waals surface area contributed by atoms with Gasteiger partial charge in [0.1, 0.15) is 5.75 Å². The number of hydrogen-bond donors (Lipinski definition) is 1. The second-order valence-electron chi connectivity index (χ2n) is 7.64. The zero-order valence-electron chi connectivity index (χ0n) is 13.6. The summed E-state index contributed by atoms with van der Waals surface area (Å²) in [7, 11) is 2.30. The lowest BCUT2D eigenvalue weighted by Crippen LogP contribution is -2.59. The number of phenolic OH excluding ortho intramolecular Hbond substituents is 1. The van der Waals surface area contributed by atoms with E-state index in [-0.39, 0.29) is 0 Å². The fraction of sp³-hybridized carbons (Fsp3) is 0.600. The third-order valence-electron chi connectivity index (χ3n) is 6.67. The van der Waals surface area contributed by atoms with Crippen LogP contribution in [0.3, 0.4) is 0 Å². The van der Waals surface area contributed by atoms with Crippen LogP contribution in [0.15, 0.2) is 24.8 Å². The zero-order valence-corrected chi connectivity index (χ0v) is 13.6. The van der Waals surface area contributed by atoms with E-state index in [1.807, 2.05) is 6.08 Å². The number of fused-ring (bicyclic) bond motifs is 1. The Morgan fingerprint density at radius 3 is 3.05 bits per heavy atom. The Balaban J connectivity index is 1.87. The highest BCUT2D eigenvalue weighted by molar-refractivity contribution is 5.49. The molecule has 2 bridgehead atoms. The Labute approximate surface area is 133 Å². The number of rotatable bonds is 2. The molecule has 0 radical (unpaired) electrons. The first kappa shape index (κ1) is 14.3. The average molecular weight is 297 g/mol. The summed E-state index contributed by atoms with van der Waals surface area (Å²) in [6.07, 6.45) is 10.5. The van der Waals surface area contributed by atoms with Gasteiger partial charge in [-0.3, -0.25) is 0 Å². The molecule has 2 nitrogen and oxygen atoms in total. The van der Waals surface area contributed by atoms with Crippen molar-refractivity contribution in [3.05, 3.63) is 41.5 Å². The molecular formula is C20H27NO. The van der Waals surface area contributed by atoms with Gasteiger partial charge in [0.2, 0.25) is 0 Å². The molecule has 1 saturated heterocycles. The molecule has 1 N–H and O–H groups in total. The van der Waals surface area contributed by atoms with Gasteiger partial charge in [0.25, 0.3) is 0 Å². The smallest absolute Gasteiger partial charge is 0.119 e. The summed E-state index contributed by atoms with van der Waals surface area (Å²) in [5.41, 5.74) is 4.35. The maximum Gasteiger partial charge on any atom is 0.119 e. The van der Waals surface area contributed by atoms with E-state index in [0.29, 0.717) is 17.2 Å². The maximum atomic E-state index is 10.5. The Morgan fingerprint density at radius 2 is 2.23 bits per heavy atom. The monoisotopic (exact) mass is 297 g/mol. The number of nitrogens with zero attached hydrogens (tertiary/aromatic N) is 1. The van der Waals surface area contributed by atoms with Crippen molar-refractivity contribution in [2.45, 2.75) is 56.4 Å². The summed E-state index contributed by atoms with van der Waals surface area (Å²) in [5.74, 6) is 1.27. The topological polar surface area (TPSA) is 23.5 Å². The normalized spacial score (nSPS) is 33.9. The van der Waals surface area contributed by atoms with Crippen LogP contribution in [0.5, 0.6) is 5.75 Å². The fourth-order valence-electron chi connectivity index (χ4n) is 5.61. The molecule has 4 rings (SSSR count). The molecule has 0 aromatic heterocycles. The minimum Gasteiger partial charge on any atom is -0.508 e. The quantitative estimate of drug-likeness (QED) is 0.839. The molecule has 0 amide bonds. The molecular weight excluding hydrogens is 270 g/mol. The molecule has 1 heterocycles. The van der Waals surface area contributed by atoms with E-state index >= 15 is 0 Å². The van der Waals surface area contributed by atoms with E-state index in [4.69, 9.17) is 0 Å². The predicted octanol–water partition coefficient (Wildman–Crippen LogP) is 3.81. The number of likely N-dealkylation sites (tertiary alicyclic amines) is 1. The second-order valence-corrected chi connectivity index (χ2v) is 7.64. The molecule has 0 spiro atoms. The number of hydrogen-bond acceptors (Lipinski definition) is 2. The summed E-state index contributed by atoms with van der Waals surface area (Å²) in [5, 5.41) is 10.5. The lowest BCUT2D eigenvalue weighted by atomic mass is 9.52. The predicted molar refractivity (Wildman–Crippen MR) is 90.4 cm³/mol. The lowest BCUT2D eigenvalue weighted by molar-refractivity contribution is 0.00271. The minimum absolute atomic E-state index is 0.340. The van der Waals surface area contributed by atoms with E-state index in [1.165, 1.54) is 49.8 Å². The van der Waals surface area contributed by atoms with Gasteiger partial charge in [0.15, 0.2) is 0 Å². The van der Waals surface area contributed by atoms with Gasteiger partial charge in [-0.15, -0.1) is 6.58 Å². The van der Waals surface area contributed by atoms with Gasteiger partial charge in [0.05, 0.1) is 0 Å². The lowest BCUT2D eigenvalue weighted by Gasteiger charge is -2.58. The van der Waals surface area contributed by atoms with E-state index in [1.54, 1.807) is 0 Å². The van der Waals surface area contributed by atoms with Crippen molar-refractivity contribution in [1.82, 2.24) is 4.90 Å². The van der Waals surface area contributed by atoms with Gasteiger partial charge in [0, 0.05) is 11.5 Å². The highest BCUT2D eigenvalue weighted by atomic mass is 16.3. The van der Waals surface area contributed by atoms with Gasteiger partial charge < -0.3 is 10.0 Å². The molecule has 1 saturated carbocycles. The van der Waals surface area contributed by atoms with Crippen LogP contribution in [-0.2, 0) is 18.3 Å². The number of aromatic hydroxyl groups is 1. The fourth-order valence-corrected chi connectivity index (χ4v) is 5.61. The van der Waals surface area contributed by atoms with E-state index in [0.717, 1.165) is 24.3 Å². The first-order valence-corrected chi connectivity index (χ1v) is 8.82. The summed E-state index contributed by atoms with van der Waals surface area (Å²) >= 11 is 0. The minimum atomic E-state index is 0.340. The van der Waals surface area contributed by atoms with Crippen LogP contribution in [0.4, 0.5) is 0 Å². The molecule has 2 fully saturated rings. The highest BCUT2D eigenvalue weighted by Crippen LogP contribution is 2.56.